The molecule has 6 heterocycles. The van der Waals surface area contributed by atoms with E-state index in [0.29, 0.717) is 93.1 Å². The second-order valence-corrected chi connectivity index (χ2v) is 12.9. The van der Waals surface area contributed by atoms with Crippen LogP contribution in [0.1, 0.15) is 73.5 Å². The second-order valence-electron chi connectivity index (χ2n) is 12.9. The van der Waals surface area contributed by atoms with Crippen LogP contribution in [-0.2, 0) is 12.8 Å². The molecule has 2 aliphatic heterocycles. The highest BCUT2D eigenvalue weighted by Crippen LogP contribution is 2.49. The zero-order chi connectivity index (χ0) is 34.5. The van der Waals surface area contributed by atoms with Crippen molar-refractivity contribution in [2.24, 2.45) is 0 Å². The molecule has 0 aliphatic carbocycles. The third kappa shape index (κ3) is 4.39. The fourth-order valence-electron chi connectivity index (χ4n) is 7.45. The van der Waals surface area contributed by atoms with Crippen molar-refractivity contribution in [1.82, 2.24) is 0 Å². The van der Waals surface area contributed by atoms with E-state index in [1.54, 1.807) is 13.8 Å². The Balaban J connectivity index is 1.59. The van der Waals surface area contributed by atoms with Gasteiger partial charge in [0.05, 0.1) is 27.5 Å². The van der Waals surface area contributed by atoms with Crippen molar-refractivity contribution in [3.8, 4) is 11.5 Å². The van der Waals surface area contributed by atoms with Crippen molar-refractivity contribution < 1.29 is 27.1 Å². The summed E-state index contributed by atoms with van der Waals surface area (Å²) in [5.74, 6) is 1.54. The van der Waals surface area contributed by atoms with Crippen molar-refractivity contribution >= 4 is 55.5 Å². The van der Waals surface area contributed by atoms with Crippen molar-refractivity contribution in [3.05, 3.63) is 110 Å². The molecule has 4 aromatic heterocycles. The first-order valence-corrected chi connectivity index (χ1v) is 16.3. The maximum absolute atomic E-state index is 14.5. The maximum atomic E-state index is 14.5. The molecule has 6 aromatic rings. The number of ether oxygens (including phenoxy) is 2. The number of rotatable bonds is 4. The normalized spacial score (nSPS) is 14.3. The largest absolute Gasteiger partial charge is 0.488 e. The van der Waals surface area contributed by atoms with E-state index in [1.165, 1.54) is 18.2 Å². The summed E-state index contributed by atoms with van der Waals surface area (Å²) in [6.07, 6.45) is 3.52. The maximum Gasteiger partial charge on any atom is 0.344 e. The summed E-state index contributed by atoms with van der Waals surface area (Å²) in [6.45, 7) is 11.4. The van der Waals surface area contributed by atoms with Gasteiger partial charge in [-0.3, -0.25) is 9.59 Å². The van der Waals surface area contributed by atoms with Crippen LogP contribution in [0.3, 0.4) is 0 Å². The summed E-state index contributed by atoms with van der Waals surface area (Å²) in [5, 5.41) is 1.21. The molecule has 0 bridgehead atoms. The Morgan fingerprint density at radius 1 is 0.653 bits per heavy atom. The fraction of sp³-hybridized carbons (Fsp3) is 0.282. The summed E-state index contributed by atoms with van der Waals surface area (Å²) in [5.41, 5.74) is 3.15. The van der Waals surface area contributed by atoms with E-state index >= 15 is 0 Å². The van der Waals surface area contributed by atoms with E-state index in [-0.39, 0.29) is 50.7 Å². The zero-order valence-corrected chi connectivity index (χ0v) is 27.9. The van der Waals surface area contributed by atoms with Crippen LogP contribution in [0, 0.1) is 13.8 Å². The van der Waals surface area contributed by atoms with E-state index in [1.807, 2.05) is 33.8 Å². The van der Waals surface area contributed by atoms with Gasteiger partial charge in [0.15, 0.2) is 33.2 Å². The van der Waals surface area contributed by atoms with E-state index in [4.69, 9.17) is 27.1 Å². The standard InChI is InChI=1S/C39H32O10/c1-7-9-20-13-25(42)48-36-27(20)35-32(38-31(36)24(41)12-19(6)47-38)26(17(4)15-45-35)28-21(8-2)29-33-22(10-16(3)14-44-33)34-30(37(29)49-39(28)43)23(40)11-18(5)46-34/h10-13H,7-9,14-15H2,1-6H3. The third-order valence-corrected chi connectivity index (χ3v) is 9.33. The van der Waals surface area contributed by atoms with Gasteiger partial charge in [0.2, 0.25) is 0 Å². The molecule has 10 nitrogen and oxygen atoms in total. The monoisotopic (exact) mass is 660 g/mol. The van der Waals surface area contributed by atoms with Gasteiger partial charge in [-0.25, -0.2) is 9.59 Å². The molecule has 0 radical (unpaired) electrons. The molecule has 2 aliphatic rings. The summed E-state index contributed by atoms with van der Waals surface area (Å²) >= 11 is 0. The minimum absolute atomic E-state index is 0.0775. The van der Waals surface area contributed by atoms with Crippen molar-refractivity contribution in [1.29, 1.82) is 0 Å². The number of benzene rings is 2. The summed E-state index contributed by atoms with van der Waals surface area (Å²) < 4.78 is 37.0. The highest BCUT2D eigenvalue weighted by Gasteiger charge is 2.35. The highest BCUT2D eigenvalue weighted by atomic mass is 16.5. The van der Waals surface area contributed by atoms with Crippen molar-refractivity contribution in [2.45, 2.75) is 60.8 Å². The molecular formula is C39H32O10. The Morgan fingerprint density at radius 2 is 1.31 bits per heavy atom. The van der Waals surface area contributed by atoms with Gasteiger partial charge in [-0.05, 0) is 68.9 Å². The number of fused-ring (bicyclic) bond motifs is 12. The Morgan fingerprint density at radius 3 is 2.00 bits per heavy atom. The van der Waals surface area contributed by atoms with Gasteiger partial charge < -0.3 is 27.1 Å². The second kappa shape index (κ2) is 10.9. The van der Waals surface area contributed by atoms with Gasteiger partial charge in [-0.2, -0.15) is 0 Å². The van der Waals surface area contributed by atoms with Crippen LogP contribution in [0.15, 0.2) is 66.2 Å². The van der Waals surface area contributed by atoms with Gasteiger partial charge in [-0.15, -0.1) is 0 Å². The Hall–Kier alpha value is -5.64. The molecule has 0 spiro atoms. The lowest BCUT2D eigenvalue weighted by Gasteiger charge is -2.27. The Bertz CT molecular complexity index is 2780. The van der Waals surface area contributed by atoms with Crippen LogP contribution in [0.5, 0.6) is 11.5 Å². The van der Waals surface area contributed by atoms with Gasteiger partial charge in [0.1, 0.15) is 47.0 Å². The summed E-state index contributed by atoms with van der Waals surface area (Å²) in [6, 6.07) is 4.14. The third-order valence-electron chi connectivity index (χ3n) is 9.33. The first kappa shape index (κ1) is 30.7. The molecule has 0 atom stereocenters. The van der Waals surface area contributed by atoms with Crippen LogP contribution < -0.4 is 31.6 Å². The zero-order valence-electron chi connectivity index (χ0n) is 27.9. The molecule has 10 heteroatoms. The Kier molecular flexibility index (Phi) is 6.85. The molecule has 2 aromatic carbocycles. The van der Waals surface area contributed by atoms with Crippen LogP contribution in [-0.4, -0.2) is 13.2 Å². The van der Waals surface area contributed by atoms with Gasteiger partial charge in [0, 0.05) is 23.8 Å². The van der Waals surface area contributed by atoms with E-state index in [2.05, 4.69) is 0 Å². The van der Waals surface area contributed by atoms with E-state index in [9.17, 15) is 19.2 Å². The smallest absolute Gasteiger partial charge is 0.344 e. The average Bonchev–Trinajstić information content (AvgIpc) is 3.04. The topological polar surface area (TPSA) is 139 Å². The van der Waals surface area contributed by atoms with Gasteiger partial charge in [0.25, 0.3) is 0 Å². The lowest BCUT2D eigenvalue weighted by Crippen LogP contribution is -2.20. The van der Waals surface area contributed by atoms with Crippen LogP contribution in [0.4, 0.5) is 0 Å². The van der Waals surface area contributed by atoms with Crippen LogP contribution >= 0.6 is 0 Å². The molecule has 0 saturated heterocycles. The molecular weight excluding hydrogens is 628 g/mol. The highest BCUT2D eigenvalue weighted by molar-refractivity contribution is 6.16. The lowest BCUT2D eigenvalue weighted by molar-refractivity contribution is 0.349. The molecule has 0 saturated carbocycles. The lowest BCUT2D eigenvalue weighted by atomic mass is 9.84. The van der Waals surface area contributed by atoms with Gasteiger partial charge >= 0.3 is 11.3 Å². The predicted molar refractivity (Wildman–Crippen MR) is 186 cm³/mol. The average molecular weight is 661 g/mol. The molecule has 0 N–H and O–H groups in total. The first-order valence-electron chi connectivity index (χ1n) is 16.3. The molecule has 0 unspecified atom stereocenters. The summed E-state index contributed by atoms with van der Waals surface area (Å²) in [4.78, 5) is 54.5. The Labute approximate surface area is 277 Å². The molecule has 8 rings (SSSR count). The molecule has 0 fully saturated rings. The van der Waals surface area contributed by atoms with E-state index < -0.39 is 16.7 Å². The van der Waals surface area contributed by atoms with Crippen LogP contribution in [0.2, 0.25) is 0 Å². The van der Waals surface area contributed by atoms with Crippen LogP contribution in [0.25, 0.3) is 55.5 Å². The van der Waals surface area contributed by atoms with Crippen molar-refractivity contribution in [2.75, 3.05) is 13.2 Å². The minimum Gasteiger partial charge on any atom is -0.488 e. The molecule has 248 valence electrons. The molecule has 49 heavy (non-hydrogen) atoms. The number of aryl methyl sites for hydroxylation is 4. The number of hydrogen-bond acceptors (Lipinski definition) is 10. The predicted octanol–water partition coefficient (Wildman–Crippen LogP) is 7.25. The minimum atomic E-state index is -0.688. The van der Waals surface area contributed by atoms with Crippen molar-refractivity contribution in [3.63, 3.8) is 0 Å². The quantitative estimate of drug-likeness (QED) is 0.140. The summed E-state index contributed by atoms with van der Waals surface area (Å²) in [7, 11) is 0. The fourth-order valence-corrected chi connectivity index (χ4v) is 7.45. The van der Waals surface area contributed by atoms with Gasteiger partial charge in [-0.1, -0.05) is 20.3 Å². The first-order chi connectivity index (χ1) is 23.5. The SMILES string of the molecule is CCCc1cc(=O)oc2c1c1c(c3oc(C)cc(=O)c32)C(c2c(CC)c3c4c(c5oc(C)cc(=O)c5c3oc2=O)C=C(C)CO4)=C(C)CO1. The molecule has 0 amide bonds. The number of hydrogen-bond donors (Lipinski definition) is 0. The van der Waals surface area contributed by atoms with E-state index in [0.717, 1.165) is 5.57 Å².